The quantitative estimate of drug-likeness (QED) is 0.211. The van der Waals surface area contributed by atoms with Crippen LogP contribution in [0, 0.1) is 0 Å². The third kappa shape index (κ3) is 5.63. The van der Waals surface area contributed by atoms with Crippen LogP contribution in [-0.2, 0) is 5.41 Å². The molecule has 0 spiro atoms. The fourth-order valence-electron chi connectivity index (χ4n) is 9.74. The van der Waals surface area contributed by atoms with Gasteiger partial charge in [0.15, 0.2) is 0 Å². The van der Waals surface area contributed by atoms with E-state index in [1.54, 1.807) is 11.1 Å². The van der Waals surface area contributed by atoms with Crippen LogP contribution in [0.5, 0.6) is 0 Å². The first kappa shape index (κ1) is 30.0. The minimum Gasteiger partial charge on any atom is -0.310 e. The molecule has 0 aromatic heterocycles. The molecule has 4 aromatic carbocycles. The van der Waals surface area contributed by atoms with Gasteiger partial charge in [-0.15, -0.1) is 0 Å². The number of hydrogen-bond acceptors (Lipinski definition) is 1. The molecule has 8 rings (SSSR count). The molecule has 3 fully saturated rings. The van der Waals surface area contributed by atoms with Crippen LogP contribution >= 0.6 is 0 Å². The smallest absolute Gasteiger partial charge is 0.0467 e. The van der Waals surface area contributed by atoms with Crippen LogP contribution < -0.4 is 4.90 Å². The summed E-state index contributed by atoms with van der Waals surface area (Å²) in [5.41, 5.74) is 14.3. The summed E-state index contributed by atoms with van der Waals surface area (Å²) >= 11 is 0. The summed E-state index contributed by atoms with van der Waals surface area (Å²) in [5, 5.41) is 0. The van der Waals surface area contributed by atoms with Gasteiger partial charge in [0.05, 0.1) is 0 Å². The van der Waals surface area contributed by atoms with Crippen molar-refractivity contribution in [2.45, 2.75) is 133 Å². The van der Waals surface area contributed by atoms with E-state index in [0.717, 1.165) is 5.92 Å². The number of fused-ring (bicyclic) bond motifs is 3. The standard InChI is InChI=1S/C45H53N/c1-45(2)43-21-13-12-20-41(43)42-27-26-39(31-44(42)45)46(38-24-22-35(23-25-38)32-14-6-3-7-15-32)40-29-36(33-16-8-4-9-17-33)28-37(30-40)34-18-10-5-11-19-34/h12-13,20-34H,3-11,14-19H2,1-2H3. The summed E-state index contributed by atoms with van der Waals surface area (Å²) < 4.78 is 0. The third-order valence-electron chi connectivity index (χ3n) is 12.4. The molecule has 4 aliphatic carbocycles. The first-order chi connectivity index (χ1) is 22.6. The fourth-order valence-corrected chi connectivity index (χ4v) is 9.74. The molecule has 0 amide bonds. The number of rotatable bonds is 6. The third-order valence-corrected chi connectivity index (χ3v) is 12.4. The van der Waals surface area contributed by atoms with Crippen LogP contribution in [0.25, 0.3) is 11.1 Å². The Morgan fingerprint density at radius 2 is 0.935 bits per heavy atom. The van der Waals surface area contributed by atoms with Crippen molar-refractivity contribution in [1.82, 2.24) is 0 Å². The van der Waals surface area contributed by atoms with Gasteiger partial charge in [-0.2, -0.15) is 0 Å². The van der Waals surface area contributed by atoms with Crippen molar-refractivity contribution in [3.8, 4) is 11.1 Å². The molecule has 3 saturated carbocycles. The van der Waals surface area contributed by atoms with Crippen molar-refractivity contribution in [1.29, 1.82) is 0 Å². The maximum absolute atomic E-state index is 2.64. The summed E-state index contributed by atoms with van der Waals surface area (Å²) in [6.07, 6.45) is 20.5. The monoisotopic (exact) mass is 607 g/mol. The van der Waals surface area contributed by atoms with Gasteiger partial charge in [0.25, 0.3) is 0 Å². The second-order valence-corrected chi connectivity index (χ2v) is 15.7. The van der Waals surface area contributed by atoms with E-state index in [0.29, 0.717) is 11.8 Å². The Kier molecular flexibility index (Phi) is 8.30. The van der Waals surface area contributed by atoms with Gasteiger partial charge in [-0.05, 0) is 132 Å². The van der Waals surface area contributed by atoms with E-state index in [4.69, 9.17) is 0 Å². The van der Waals surface area contributed by atoms with Crippen LogP contribution in [0.3, 0.4) is 0 Å². The maximum atomic E-state index is 2.64. The molecule has 238 valence electrons. The number of benzene rings is 4. The summed E-state index contributed by atoms with van der Waals surface area (Å²) in [7, 11) is 0. The molecule has 1 heteroatoms. The second-order valence-electron chi connectivity index (χ2n) is 15.7. The highest BCUT2D eigenvalue weighted by Gasteiger charge is 2.36. The average molecular weight is 608 g/mol. The van der Waals surface area contributed by atoms with Gasteiger partial charge in [-0.1, -0.05) is 120 Å². The second kappa shape index (κ2) is 12.7. The van der Waals surface area contributed by atoms with Gasteiger partial charge >= 0.3 is 0 Å². The first-order valence-electron chi connectivity index (χ1n) is 18.9. The lowest BCUT2D eigenvalue weighted by Crippen LogP contribution is -2.17. The van der Waals surface area contributed by atoms with E-state index in [2.05, 4.69) is 104 Å². The highest BCUT2D eigenvalue weighted by molar-refractivity contribution is 5.85. The van der Waals surface area contributed by atoms with Gasteiger partial charge in [0, 0.05) is 22.5 Å². The Bertz CT molecular complexity index is 1620. The molecule has 46 heavy (non-hydrogen) atoms. The zero-order valence-electron chi connectivity index (χ0n) is 28.4. The molecule has 0 bridgehead atoms. The minimum atomic E-state index is -0.0182. The van der Waals surface area contributed by atoms with E-state index >= 15 is 0 Å². The maximum Gasteiger partial charge on any atom is 0.0467 e. The first-order valence-corrected chi connectivity index (χ1v) is 18.9. The Labute approximate surface area is 278 Å². The molecule has 1 nitrogen and oxygen atoms in total. The fraction of sp³-hybridized carbons (Fsp3) is 0.467. The molecular formula is C45H53N. The van der Waals surface area contributed by atoms with E-state index < -0.39 is 0 Å². The molecule has 0 N–H and O–H groups in total. The van der Waals surface area contributed by atoms with Crippen molar-refractivity contribution >= 4 is 17.1 Å². The lowest BCUT2D eigenvalue weighted by molar-refractivity contribution is 0.435. The van der Waals surface area contributed by atoms with Crippen molar-refractivity contribution in [3.63, 3.8) is 0 Å². The van der Waals surface area contributed by atoms with Gasteiger partial charge < -0.3 is 4.90 Å². The largest absolute Gasteiger partial charge is 0.310 e. The zero-order chi connectivity index (χ0) is 31.1. The van der Waals surface area contributed by atoms with Gasteiger partial charge in [-0.25, -0.2) is 0 Å². The molecule has 0 heterocycles. The SMILES string of the molecule is CC1(C)c2ccccc2-c2ccc(N(c3ccc(C4CCCCC4)cc3)c3cc(C4CCCCC4)cc(C4CCCCC4)c3)cc21. The molecule has 0 atom stereocenters. The highest BCUT2D eigenvalue weighted by atomic mass is 15.1. The predicted molar refractivity (Wildman–Crippen MR) is 196 cm³/mol. The van der Waals surface area contributed by atoms with Crippen molar-refractivity contribution in [3.05, 3.63) is 113 Å². The zero-order valence-corrected chi connectivity index (χ0v) is 28.4. The van der Waals surface area contributed by atoms with Gasteiger partial charge in [0.1, 0.15) is 0 Å². The van der Waals surface area contributed by atoms with E-state index in [-0.39, 0.29) is 5.41 Å². The topological polar surface area (TPSA) is 3.24 Å². The normalized spacial score (nSPS) is 20.3. The number of anilines is 3. The van der Waals surface area contributed by atoms with E-state index in [1.807, 2.05) is 0 Å². The molecule has 4 aromatic rings. The minimum absolute atomic E-state index is 0.0182. The Morgan fingerprint density at radius 3 is 1.52 bits per heavy atom. The van der Waals surface area contributed by atoms with E-state index in [1.165, 1.54) is 141 Å². The molecule has 0 saturated heterocycles. The number of hydrogen-bond donors (Lipinski definition) is 0. The van der Waals surface area contributed by atoms with Crippen molar-refractivity contribution < 1.29 is 0 Å². The Morgan fingerprint density at radius 1 is 0.435 bits per heavy atom. The van der Waals surface area contributed by atoms with Crippen LogP contribution in [0.15, 0.2) is 84.9 Å². The van der Waals surface area contributed by atoms with Crippen molar-refractivity contribution in [2.75, 3.05) is 4.90 Å². The van der Waals surface area contributed by atoms with Crippen LogP contribution in [-0.4, -0.2) is 0 Å². The summed E-state index contributed by atoms with van der Waals surface area (Å²) in [4.78, 5) is 2.61. The summed E-state index contributed by atoms with van der Waals surface area (Å²) in [6.45, 7) is 4.82. The van der Waals surface area contributed by atoms with Crippen LogP contribution in [0.1, 0.15) is 156 Å². The Balaban J connectivity index is 1.26. The van der Waals surface area contributed by atoms with Crippen LogP contribution in [0.4, 0.5) is 17.1 Å². The average Bonchev–Trinajstić information content (AvgIpc) is 3.35. The van der Waals surface area contributed by atoms with Gasteiger partial charge in [-0.3, -0.25) is 0 Å². The summed E-state index contributed by atoms with van der Waals surface area (Å²) in [6, 6.07) is 34.0. The van der Waals surface area contributed by atoms with Gasteiger partial charge in [0.2, 0.25) is 0 Å². The predicted octanol–water partition coefficient (Wildman–Crippen LogP) is 13.6. The van der Waals surface area contributed by atoms with Crippen molar-refractivity contribution in [2.24, 2.45) is 0 Å². The molecular weight excluding hydrogens is 555 g/mol. The Hall–Kier alpha value is -3.32. The lowest BCUT2D eigenvalue weighted by Gasteiger charge is -2.32. The molecule has 0 aliphatic heterocycles. The highest BCUT2D eigenvalue weighted by Crippen LogP contribution is 2.51. The van der Waals surface area contributed by atoms with E-state index in [9.17, 15) is 0 Å². The van der Waals surface area contributed by atoms with Crippen LogP contribution in [0.2, 0.25) is 0 Å². The molecule has 0 radical (unpaired) electrons. The lowest BCUT2D eigenvalue weighted by atomic mass is 9.79. The molecule has 4 aliphatic rings. The number of nitrogens with zero attached hydrogens (tertiary/aromatic N) is 1. The molecule has 0 unspecified atom stereocenters. The summed E-state index contributed by atoms with van der Waals surface area (Å²) in [5.74, 6) is 2.11.